The van der Waals surface area contributed by atoms with Crippen LogP contribution in [-0.2, 0) is 19.1 Å². The minimum Gasteiger partial charge on any atom is -0.467 e. The van der Waals surface area contributed by atoms with Crippen molar-refractivity contribution in [1.29, 1.82) is 0 Å². The molecular formula is C17H19N3O4S. The van der Waals surface area contributed by atoms with Gasteiger partial charge >= 0.3 is 5.97 Å². The highest BCUT2D eigenvalue weighted by molar-refractivity contribution is 7.10. The van der Waals surface area contributed by atoms with Gasteiger partial charge in [0.15, 0.2) is 6.10 Å². The largest absolute Gasteiger partial charge is 0.467 e. The Kier molecular flexibility index (Phi) is 5.40. The summed E-state index contributed by atoms with van der Waals surface area (Å²) in [4.78, 5) is 32.5. The number of thiazole rings is 1. The number of rotatable bonds is 5. The molecule has 0 spiro atoms. The molecule has 0 radical (unpaired) electrons. The second-order valence-corrected chi connectivity index (χ2v) is 6.65. The second kappa shape index (κ2) is 7.71. The predicted molar refractivity (Wildman–Crippen MR) is 91.8 cm³/mol. The lowest BCUT2D eigenvalue weighted by atomic mass is 10.2. The van der Waals surface area contributed by atoms with E-state index < -0.39 is 18.2 Å². The smallest absolute Gasteiger partial charge is 0.335 e. The van der Waals surface area contributed by atoms with E-state index in [4.69, 9.17) is 4.74 Å². The zero-order valence-electron chi connectivity index (χ0n) is 14.0. The maximum Gasteiger partial charge on any atom is 0.335 e. The standard InChI is InChI=1S/C17H19N3O4S/c1-10(16-20-12(9-25-16)11-4-3-7-18-8-11)19-15(21)13-5-6-14(24-13)17(22)23-2/h3-4,7-10,13-14H,5-6H2,1-2H3,(H,19,21)/t10-,13+,14-/m0/s1. The van der Waals surface area contributed by atoms with Crippen LogP contribution in [0, 0.1) is 0 Å². The van der Waals surface area contributed by atoms with Crippen LogP contribution in [0.5, 0.6) is 0 Å². The first-order chi connectivity index (χ1) is 12.1. The minimum absolute atomic E-state index is 0.239. The Morgan fingerprint density at radius 3 is 2.92 bits per heavy atom. The molecule has 3 rings (SSSR count). The lowest BCUT2D eigenvalue weighted by Gasteiger charge is -2.16. The fourth-order valence-electron chi connectivity index (χ4n) is 2.64. The van der Waals surface area contributed by atoms with E-state index in [1.807, 2.05) is 24.4 Å². The topological polar surface area (TPSA) is 90.4 Å². The molecule has 1 N–H and O–H groups in total. The van der Waals surface area contributed by atoms with Crippen LogP contribution >= 0.6 is 11.3 Å². The number of ether oxygens (including phenoxy) is 2. The van der Waals surface area contributed by atoms with Crippen LogP contribution in [0.4, 0.5) is 0 Å². The Labute approximate surface area is 149 Å². The van der Waals surface area contributed by atoms with Gasteiger partial charge in [-0.15, -0.1) is 11.3 Å². The van der Waals surface area contributed by atoms with E-state index in [9.17, 15) is 9.59 Å². The first-order valence-corrected chi connectivity index (χ1v) is 8.86. The molecule has 132 valence electrons. The van der Waals surface area contributed by atoms with Crippen molar-refractivity contribution in [3.05, 3.63) is 34.9 Å². The van der Waals surface area contributed by atoms with Crippen molar-refractivity contribution in [2.45, 2.75) is 38.0 Å². The molecule has 0 aliphatic carbocycles. The highest BCUT2D eigenvalue weighted by Crippen LogP contribution is 2.26. The molecule has 1 aliphatic rings. The Morgan fingerprint density at radius 1 is 1.40 bits per heavy atom. The van der Waals surface area contributed by atoms with E-state index in [0.29, 0.717) is 12.8 Å². The van der Waals surface area contributed by atoms with Gasteiger partial charge in [0.2, 0.25) is 5.91 Å². The molecule has 0 bridgehead atoms. The Balaban J connectivity index is 1.59. The summed E-state index contributed by atoms with van der Waals surface area (Å²) in [5.74, 6) is -0.679. The number of nitrogens with one attached hydrogen (secondary N) is 1. The van der Waals surface area contributed by atoms with Gasteiger partial charge in [-0.3, -0.25) is 9.78 Å². The number of carbonyl (C=O) groups is 2. The molecule has 1 fully saturated rings. The van der Waals surface area contributed by atoms with Gasteiger partial charge in [-0.2, -0.15) is 0 Å². The molecule has 2 aromatic rings. The Morgan fingerprint density at radius 2 is 2.20 bits per heavy atom. The summed E-state index contributed by atoms with van der Waals surface area (Å²) in [5, 5.41) is 5.64. The van der Waals surface area contributed by atoms with E-state index in [2.05, 4.69) is 20.0 Å². The summed E-state index contributed by atoms with van der Waals surface area (Å²) in [5.41, 5.74) is 1.76. The average molecular weight is 361 g/mol. The van der Waals surface area contributed by atoms with Crippen LogP contribution in [0.3, 0.4) is 0 Å². The summed E-state index contributed by atoms with van der Waals surface area (Å²) in [6.45, 7) is 1.87. The number of nitrogens with zero attached hydrogens (tertiary/aromatic N) is 2. The van der Waals surface area contributed by atoms with Crippen molar-refractivity contribution in [3.63, 3.8) is 0 Å². The molecule has 2 aromatic heterocycles. The van der Waals surface area contributed by atoms with E-state index in [-0.39, 0.29) is 11.9 Å². The van der Waals surface area contributed by atoms with Gasteiger partial charge in [-0.05, 0) is 31.9 Å². The summed E-state index contributed by atoms with van der Waals surface area (Å²) in [6, 6.07) is 3.55. The molecule has 3 heterocycles. The quantitative estimate of drug-likeness (QED) is 0.820. The number of hydrogen-bond acceptors (Lipinski definition) is 7. The maximum absolute atomic E-state index is 12.3. The van der Waals surface area contributed by atoms with Crippen LogP contribution in [0.1, 0.15) is 30.8 Å². The van der Waals surface area contributed by atoms with Crippen molar-refractivity contribution < 1.29 is 19.1 Å². The fourth-order valence-corrected chi connectivity index (χ4v) is 3.47. The summed E-state index contributed by atoms with van der Waals surface area (Å²) < 4.78 is 10.1. The van der Waals surface area contributed by atoms with Gasteiger partial charge in [-0.25, -0.2) is 9.78 Å². The molecule has 1 aliphatic heterocycles. The maximum atomic E-state index is 12.3. The first-order valence-electron chi connectivity index (χ1n) is 7.98. The van der Waals surface area contributed by atoms with Crippen LogP contribution in [0.25, 0.3) is 11.3 Å². The van der Waals surface area contributed by atoms with Gasteiger partial charge in [-0.1, -0.05) is 0 Å². The highest BCUT2D eigenvalue weighted by Gasteiger charge is 2.36. The second-order valence-electron chi connectivity index (χ2n) is 5.76. The monoisotopic (exact) mass is 361 g/mol. The number of aromatic nitrogens is 2. The van der Waals surface area contributed by atoms with Crippen LogP contribution < -0.4 is 5.32 Å². The lowest BCUT2D eigenvalue weighted by molar-refractivity contribution is -0.155. The Hall–Kier alpha value is -2.32. The minimum atomic E-state index is -0.659. The number of pyridine rings is 1. The van der Waals surface area contributed by atoms with Crippen molar-refractivity contribution in [1.82, 2.24) is 15.3 Å². The van der Waals surface area contributed by atoms with Gasteiger partial charge in [0.1, 0.15) is 11.1 Å². The van der Waals surface area contributed by atoms with E-state index in [1.54, 1.807) is 12.4 Å². The van der Waals surface area contributed by atoms with Crippen LogP contribution in [0.2, 0.25) is 0 Å². The fraction of sp³-hybridized carbons (Fsp3) is 0.412. The normalized spacial score (nSPS) is 20.9. The number of methoxy groups -OCH3 is 1. The number of esters is 1. The molecule has 3 atom stereocenters. The SMILES string of the molecule is COC(=O)[C@@H]1CC[C@H](C(=O)N[C@@H](C)c2nc(-c3cccnc3)cs2)O1. The van der Waals surface area contributed by atoms with Crippen molar-refractivity contribution in [2.75, 3.05) is 7.11 Å². The molecule has 0 saturated carbocycles. The molecule has 0 unspecified atom stereocenters. The summed E-state index contributed by atoms with van der Waals surface area (Å²) in [7, 11) is 1.31. The third-order valence-electron chi connectivity index (χ3n) is 3.98. The average Bonchev–Trinajstić information content (AvgIpc) is 3.31. The van der Waals surface area contributed by atoms with Gasteiger partial charge in [0.25, 0.3) is 0 Å². The van der Waals surface area contributed by atoms with Gasteiger partial charge < -0.3 is 14.8 Å². The van der Waals surface area contributed by atoms with Gasteiger partial charge in [0.05, 0.1) is 18.8 Å². The molecular weight excluding hydrogens is 342 g/mol. The number of hydrogen-bond donors (Lipinski definition) is 1. The lowest BCUT2D eigenvalue weighted by Crippen LogP contribution is -2.37. The van der Waals surface area contributed by atoms with Crippen molar-refractivity contribution in [2.24, 2.45) is 0 Å². The van der Waals surface area contributed by atoms with E-state index >= 15 is 0 Å². The van der Waals surface area contributed by atoms with Crippen molar-refractivity contribution in [3.8, 4) is 11.3 Å². The summed E-state index contributed by atoms with van der Waals surface area (Å²) >= 11 is 1.48. The third-order valence-corrected chi connectivity index (χ3v) is 5.01. The zero-order chi connectivity index (χ0) is 17.8. The van der Waals surface area contributed by atoms with E-state index in [1.165, 1.54) is 18.4 Å². The van der Waals surface area contributed by atoms with Crippen LogP contribution in [-0.4, -0.2) is 41.2 Å². The molecule has 1 amide bonds. The molecule has 0 aromatic carbocycles. The van der Waals surface area contributed by atoms with E-state index in [0.717, 1.165) is 16.3 Å². The zero-order valence-corrected chi connectivity index (χ0v) is 14.8. The molecule has 7 nitrogen and oxygen atoms in total. The molecule has 1 saturated heterocycles. The molecule has 25 heavy (non-hydrogen) atoms. The predicted octanol–water partition coefficient (Wildman–Crippen LogP) is 2.10. The van der Waals surface area contributed by atoms with Crippen molar-refractivity contribution >= 4 is 23.2 Å². The molecule has 8 heteroatoms. The Bertz CT molecular complexity index is 749. The first kappa shape index (κ1) is 17.5. The van der Waals surface area contributed by atoms with Gasteiger partial charge in [0, 0.05) is 23.3 Å². The van der Waals surface area contributed by atoms with Crippen LogP contribution in [0.15, 0.2) is 29.9 Å². The number of amides is 1. The highest BCUT2D eigenvalue weighted by atomic mass is 32.1. The number of carbonyl (C=O) groups excluding carboxylic acids is 2. The third kappa shape index (κ3) is 4.02. The summed E-state index contributed by atoms with van der Waals surface area (Å²) in [6.07, 6.45) is 3.15.